The number of halogens is 4. The number of benzene rings is 2. The lowest BCUT2D eigenvalue weighted by Crippen LogP contribution is -2.30. The first-order valence-electron chi connectivity index (χ1n) is 7.19. The van der Waals surface area contributed by atoms with E-state index in [9.17, 15) is 18.0 Å². The van der Waals surface area contributed by atoms with Gasteiger partial charge in [-0.3, -0.25) is 4.79 Å². The molecule has 0 bridgehead atoms. The number of nitrogens with one attached hydrogen (secondary N) is 1. The SMILES string of the molecule is COc1ccccc1O[C@@H](C)C(=O)Nc1ccc(Cl)c(C(F)(F)F)c1. The van der Waals surface area contributed by atoms with E-state index in [-0.39, 0.29) is 5.69 Å². The average molecular weight is 374 g/mol. The van der Waals surface area contributed by atoms with E-state index in [1.54, 1.807) is 24.3 Å². The molecule has 0 unspecified atom stereocenters. The summed E-state index contributed by atoms with van der Waals surface area (Å²) in [6.07, 6.45) is -5.57. The number of para-hydroxylation sites is 2. The van der Waals surface area contributed by atoms with Crippen LogP contribution in [0.15, 0.2) is 42.5 Å². The number of alkyl halides is 3. The van der Waals surface area contributed by atoms with Crippen LogP contribution < -0.4 is 14.8 Å². The Bertz CT molecular complexity index is 765. The Balaban J connectivity index is 2.11. The van der Waals surface area contributed by atoms with Crippen molar-refractivity contribution in [3.8, 4) is 11.5 Å². The van der Waals surface area contributed by atoms with Gasteiger partial charge in [0.1, 0.15) is 0 Å². The molecule has 0 saturated carbocycles. The predicted octanol–water partition coefficient (Wildman–Crippen LogP) is 4.77. The molecule has 1 atom stereocenters. The highest BCUT2D eigenvalue weighted by atomic mass is 35.5. The second-order valence-corrected chi connectivity index (χ2v) is 5.50. The largest absolute Gasteiger partial charge is 0.493 e. The molecule has 0 aliphatic heterocycles. The summed E-state index contributed by atoms with van der Waals surface area (Å²) in [5.41, 5.74) is -1.05. The highest BCUT2D eigenvalue weighted by Gasteiger charge is 2.33. The number of hydrogen-bond donors (Lipinski definition) is 1. The number of methoxy groups -OCH3 is 1. The lowest BCUT2D eigenvalue weighted by molar-refractivity contribution is -0.137. The van der Waals surface area contributed by atoms with Crippen LogP contribution in [0.25, 0.3) is 0 Å². The number of carbonyl (C=O) groups excluding carboxylic acids is 1. The van der Waals surface area contributed by atoms with E-state index in [0.29, 0.717) is 11.5 Å². The number of amides is 1. The van der Waals surface area contributed by atoms with Crippen molar-refractivity contribution >= 4 is 23.2 Å². The molecule has 0 heterocycles. The standard InChI is InChI=1S/C17H15ClF3NO3/c1-10(25-15-6-4-3-5-14(15)24-2)16(23)22-11-7-8-13(18)12(9-11)17(19,20)21/h3-10H,1-2H3,(H,22,23)/t10-/m0/s1. The molecule has 2 rings (SSSR count). The van der Waals surface area contributed by atoms with Crippen molar-refractivity contribution in [2.24, 2.45) is 0 Å². The molecule has 0 spiro atoms. The van der Waals surface area contributed by atoms with Crippen LogP contribution in [0.5, 0.6) is 11.5 Å². The summed E-state index contributed by atoms with van der Waals surface area (Å²) in [4.78, 5) is 12.2. The number of rotatable bonds is 5. The first kappa shape index (κ1) is 18.9. The van der Waals surface area contributed by atoms with Gasteiger partial charge < -0.3 is 14.8 Å². The lowest BCUT2D eigenvalue weighted by Gasteiger charge is -2.17. The van der Waals surface area contributed by atoms with Crippen LogP contribution in [0.1, 0.15) is 12.5 Å². The first-order chi connectivity index (χ1) is 11.7. The summed E-state index contributed by atoms with van der Waals surface area (Å²) in [6.45, 7) is 1.47. The fraction of sp³-hybridized carbons (Fsp3) is 0.235. The third-order valence-corrected chi connectivity index (χ3v) is 3.61. The molecule has 1 N–H and O–H groups in total. The summed E-state index contributed by atoms with van der Waals surface area (Å²) in [7, 11) is 1.46. The van der Waals surface area contributed by atoms with E-state index >= 15 is 0 Å². The van der Waals surface area contributed by atoms with Crippen molar-refractivity contribution in [3.63, 3.8) is 0 Å². The first-order valence-corrected chi connectivity index (χ1v) is 7.57. The second kappa shape index (κ2) is 7.65. The normalized spacial score (nSPS) is 12.4. The van der Waals surface area contributed by atoms with Crippen molar-refractivity contribution in [2.45, 2.75) is 19.2 Å². The molecule has 0 aliphatic carbocycles. The molecular formula is C17H15ClF3NO3. The lowest BCUT2D eigenvalue weighted by atomic mass is 10.2. The highest BCUT2D eigenvalue weighted by Crippen LogP contribution is 2.36. The smallest absolute Gasteiger partial charge is 0.417 e. The van der Waals surface area contributed by atoms with Crippen molar-refractivity contribution in [2.75, 3.05) is 12.4 Å². The van der Waals surface area contributed by atoms with Gasteiger partial charge in [-0.15, -0.1) is 0 Å². The van der Waals surface area contributed by atoms with Gasteiger partial charge in [-0.25, -0.2) is 0 Å². The van der Waals surface area contributed by atoms with Gasteiger partial charge in [0.05, 0.1) is 17.7 Å². The molecule has 1 amide bonds. The molecule has 0 aromatic heterocycles. The Labute approximate surface area is 147 Å². The van der Waals surface area contributed by atoms with Gasteiger partial charge >= 0.3 is 6.18 Å². The average Bonchev–Trinajstić information content (AvgIpc) is 2.56. The zero-order valence-electron chi connectivity index (χ0n) is 13.4. The predicted molar refractivity (Wildman–Crippen MR) is 88.2 cm³/mol. The molecule has 4 nitrogen and oxygen atoms in total. The Hall–Kier alpha value is -2.41. The quantitative estimate of drug-likeness (QED) is 0.821. The maximum absolute atomic E-state index is 12.9. The Morgan fingerprint density at radius 3 is 2.40 bits per heavy atom. The summed E-state index contributed by atoms with van der Waals surface area (Å²) >= 11 is 5.55. The maximum atomic E-state index is 12.9. The van der Waals surface area contributed by atoms with Gasteiger partial charge in [0.15, 0.2) is 17.6 Å². The van der Waals surface area contributed by atoms with Crippen LogP contribution >= 0.6 is 11.6 Å². The zero-order valence-corrected chi connectivity index (χ0v) is 14.1. The topological polar surface area (TPSA) is 47.6 Å². The summed E-state index contributed by atoms with van der Waals surface area (Å²) in [6, 6.07) is 9.86. The van der Waals surface area contributed by atoms with E-state index < -0.39 is 28.8 Å². The van der Waals surface area contributed by atoms with Crippen molar-refractivity contribution in [1.82, 2.24) is 0 Å². The van der Waals surface area contributed by atoms with Crippen LogP contribution in [0.2, 0.25) is 5.02 Å². The molecule has 2 aromatic rings. The Kier molecular flexibility index (Phi) is 5.79. The zero-order chi connectivity index (χ0) is 18.6. The van der Waals surface area contributed by atoms with E-state index in [1.807, 2.05) is 0 Å². The summed E-state index contributed by atoms with van der Waals surface area (Å²) < 4.78 is 49.2. The summed E-state index contributed by atoms with van der Waals surface area (Å²) in [5, 5.41) is 1.93. The minimum absolute atomic E-state index is 0.0304. The minimum Gasteiger partial charge on any atom is -0.493 e. The third-order valence-electron chi connectivity index (χ3n) is 3.28. The van der Waals surface area contributed by atoms with Crippen LogP contribution in [0, 0.1) is 0 Å². The van der Waals surface area contributed by atoms with Gasteiger partial charge in [0.2, 0.25) is 0 Å². The van der Waals surface area contributed by atoms with E-state index in [2.05, 4.69) is 5.32 Å². The van der Waals surface area contributed by atoms with Gasteiger partial charge in [-0.05, 0) is 37.3 Å². The monoisotopic (exact) mass is 373 g/mol. The van der Waals surface area contributed by atoms with Gasteiger partial charge in [0, 0.05) is 5.69 Å². The van der Waals surface area contributed by atoms with Crippen molar-refractivity contribution in [3.05, 3.63) is 53.1 Å². The molecular weight excluding hydrogens is 359 g/mol. The Morgan fingerprint density at radius 2 is 1.80 bits per heavy atom. The third kappa shape index (κ3) is 4.79. The van der Waals surface area contributed by atoms with Crippen LogP contribution in [0.4, 0.5) is 18.9 Å². The fourth-order valence-corrected chi connectivity index (χ4v) is 2.25. The van der Waals surface area contributed by atoms with Gasteiger partial charge in [-0.1, -0.05) is 23.7 Å². The Morgan fingerprint density at radius 1 is 1.16 bits per heavy atom. The number of hydrogen-bond acceptors (Lipinski definition) is 3. The molecule has 2 aromatic carbocycles. The molecule has 0 fully saturated rings. The van der Waals surface area contributed by atoms with E-state index in [4.69, 9.17) is 21.1 Å². The minimum atomic E-state index is -4.61. The second-order valence-electron chi connectivity index (χ2n) is 5.09. The highest BCUT2D eigenvalue weighted by molar-refractivity contribution is 6.31. The van der Waals surface area contributed by atoms with Crippen molar-refractivity contribution in [1.29, 1.82) is 0 Å². The fourth-order valence-electron chi connectivity index (χ4n) is 2.02. The van der Waals surface area contributed by atoms with Crippen LogP contribution in [-0.4, -0.2) is 19.1 Å². The van der Waals surface area contributed by atoms with Crippen LogP contribution in [-0.2, 0) is 11.0 Å². The summed E-state index contributed by atoms with van der Waals surface area (Å²) in [5.74, 6) is 0.175. The molecule has 0 saturated heterocycles. The molecule has 8 heteroatoms. The van der Waals surface area contributed by atoms with Crippen LogP contribution in [0.3, 0.4) is 0 Å². The molecule has 0 aliphatic rings. The van der Waals surface area contributed by atoms with Gasteiger partial charge in [0.25, 0.3) is 5.91 Å². The maximum Gasteiger partial charge on any atom is 0.417 e. The van der Waals surface area contributed by atoms with Gasteiger partial charge in [-0.2, -0.15) is 13.2 Å². The van der Waals surface area contributed by atoms with Crippen molar-refractivity contribution < 1.29 is 27.4 Å². The van der Waals surface area contributed by atoms with E-state index in [1.165, 1.54) is 20.1 Å². The molecule has 0 radical (unpaired) electrons. The molecule has 25 heavy (non-hydrogen) atoms. The molecule has 134 valence electrons. The number of carbonyl (C=O) groups is 1. The van der Waals surface area contributed by atoms with E-state index in [0.717, 1.165) is 12.1 Å². The number of ether oxygens (including phenoxy) is 2. The number of anilines is 1.